The molecule has 74 valence electrons. The molecule has 0 unspecified atom stereocenters. The van der Waals surface area contributed by atoms with E-state index in [-0.39, 0.29) is 0 Å². The lowest BCUT2D eigenvalue weighted by Gasteiger charge is -2.15. The zero-order chi connectivity index (χ0) is 10.3. The summed E-state index contributed by atoms with van der Waals surface area (Å²) in [5.74, 6) is -0.833. The van der Waals surface area contributed by atoms with Crippen LogP contribution in [-0.4, -0.2) is 34.1 Å². The van der Waals surface area contributed by atoms with Crippen LogP contribution in [-0.2, 0) is 4.79 Å². The predicted molar refractivity (Wildman–Crippen MR) is 51.7 cm³/mol. The van der Waals surface area contributed by atoms with E-state index >= 15 is 0 Å². The van der Waals surface area contributed by atoms with E-state index in [4.69, 9.17) is 9.90 Å². The summed E-state index contributed by atoms with van der Waals surface area (Å²) in [7, 11) is 0. The predicted octanol–water partition coefficient (Wildman–Crippen LogP) is 1.29. The molecule has 4 nitrogen and oxygen atoms in total. The molecule has 0 aromatic carbocycles. The van der Waals surface area contributed by atoms with E-state index in [1.165, 1.54) is 0 Å². The summed E-state index contributed by atoms with van der Waals surface area (Å²) in [4.78, 5) is 13.3. The van der Waals surface area contributed by atoms with Crippen LogP contribution in [0.2, 0.25) is 0 Å². The number of carboxylic acid groups (broad SMARTS) is 1. The summed E-state index contributed by atoms with van der Waals surface area (Å²) in [5.41, 5.74) is 0. The fourth-order valence-electron chi connectivity index (χ4n) is 0.808. The second kappa shape index (κ2) is 6.11. The maximum atomic E-state index is 9.00. The Bertz CT molecular complexity index is 198. The fraction of sp³-hybridized carbons (Fsp3) is 0.444. The van der Waals surface area contributed by atoms with Crippen LogP contribution in [0, 0.1) is 0 Å². The molecule has 0 saturated carbocycles. The molecule has 0 bridgehead atoms. The van der Waals surface area contributed by atoms with Crippen molar-refractivity contribution < 1.29 is 9.90 Å². The molecular formula is C9H16N2O2. The Kier molecular flexibility index (Phi) is 5.43. The highest BCUT2D eigenvalue weighted by Gasteiger charge is 2.05. The van der Waals surface area contributed by atoms with Crippen molar-refractivity contribution in [3.05, 3.63) is 25.2 Å². The molecule has 0 atom stereocenters. The van der Waals surface area contributed by atoms with Crippen LogP contribution in [0.3, 0.4) is 0 Å². The van der Waals surface area contributed by atoms with Crippen molar-refractivity contribution in [1.82, 2.24) is 9.80 Å². The Morgan fingerprint density at radius 1 is 1.69 bits per heavy atom. The van der Waals surface area contributed by atoms with Gasteiger partial charge >= 0.3 is 0 Å². The highest BCUT2D eigenvalue weighted by atomic mass is 16.4. The first-order chi connectivity index (χ1) is 6.10. The normalized spacial score (nSPS) is 13.7. The monoisotopic (exact) mass is 184 g/mol. The summed E-state index contributed by atoms with van der Waals surface area (Å²) in [6.07, 6.45) is 5.92. The van der Waals surface area contributed by atoms with Crippen LogP contribution in [0.15, 0.2) is 25.2 Å². The smallest absolute Gasteiger partial charge is 0.300 e. The summed E-state index contributed by atoms with van der Waals surface area (Å²) >= 11 is 0. The van der Waals surface area contributed by atoms with Crippen LogP contribution in [0.4, 0.5) is 0 Å². The highest BCUT2D eigenvalue weighted by molar-refractivity contribution is 5.62. The number of hydrogen-bond acceptors (Lipinski definition) is 3. The van der Waals surface area contributed by atoms with Gasteiger partial charge in [-0.3, -0.25) is 4.79 Å². The molecule has 13 heavy (non-hydrogen) atoms. The number of rotatable bonds is 2. The molecule has 4 heteroatoms. The van der Waals surface area contributed by atoms with E-state index in [9.17, 15) is 0 Å². The molecule has 0 radical (unpaired) electrons. The summed E-state index contributed by atoms with van der Waals surface area (Å²) in [6.45, 7) is 8.91. The molecule has 0 aromatic rings. The number of carboxylic acids is 1. The second-order valence-corrected chi connectivity index (χ2v) is 2.56. The molecule has 0 amide bonds. The SMILES string of the molecule is C=CN1C=CN(CC)C1.CC(=O)O. The van der Waals surface area contributed by atoms with Gasteiger partial charge in [-0.15, -0.1) is 0 Å². The Morgan fingerprint density at radius 2 is 2.23 bits per heavy atom. The van der Waals surface area contributed by atoms with Crippen LogP contribution in [0.1, 0.15) is 13.8 Å². The molecule has 0 aromatic heterocycles. The van der Waals surface area contributed by atoms with Crippen molar-refractivity contribution >= 4 is 5.97 Å². The third-order valence-electron chi connectivity index (χ3n) is 1.45. The Balaban J connectivity index is 0.000000310. The van der Waals surface area contributed by atoms with E-state index in [0.717, 1.165) is 20.1 Å². The maximum Gasteiger partial charge on any atom is 0.300 e. The third kappa shape index (κ3) is 5.78. The topological polar surface area (TPSA) is 43.8 Å². The first-order valence-electron chi connectivity index (χ1n) is 4.10. The van der Waals surface area contributed by atoms with Gasteiger partial charge in [0.25, 0.3) is 5.97 Å². The van der Waals surface area contributed by atoms with Crippen molar-refractivity contribution in [3.8, 4) is 0 Å². The lowest BCUT2D eigenvalue weighted by molar-refractivity contribution is -0.134. The number of nitrogens with zero attached hydrogens (tertiary/aromatic N) is 2. The first-order valence-corrected chi connectivity index (χ1v) is 4.10. The number of hydrogen-bond donors (Lipinski definition) is 1. The van der Waals surface area contributed by atoms with Crippen molar-refractivity contribution in [2.75, 3.05) is 13.2 Å². The Labute approximate surface area is 78.8 Å². The summed E-state index contributed by atoms with van der Waals surface area (Å²) in [5, 5.41) is 7.42. The average Bonchev–Trinajstić information content (AvgIpc) is 2.50. The van der Waals surface area contributed by atoms with Gasteiger partial charge < -0.3 is 14.9 Å². The minimum absolute atomic E-state index is 0.833. The minimum Gasteiger partial charge on any atom is -0.481 e. The Hall–Kier alpha value is -1.45. The van der Waals surface area contributed by atoms with Gasteiger partial charge in [0.05, 0.1) is 6.67 Å². The van der Waals surface area contributed by atoms with E-state index in [1.54, 1.807) is 0 Å². The highest BCUT2D eigenvalue weighted by Crippen LogP contribution is 2.04. The van der Waals surface area contributed by atoms with Crippen molar-refractivity contribution in [2.24, 2.45) is 0 Å². The van der Waals surface area contributed by atoms with Crippen LogP contribution in [0.5, 0.6) is 0 Å². The molecule has 1 aliphatic rings. The van der Waals surface area contributed by atoms with E-state index in [0.29, 0.717) is 0 Å². The van der Waals surface area contributed by atoms with Crippen molar-refractivity contribution in [3.63, 3.8) is 0 Å². The molecule has 0 saturated heterocycles. The average molecular weight is 184 g/mol. The molecule has 0 fully saturated rings. The molecule has 1 heterocycles. The summed E-state index contributed by atoms with van der Waals surface area (Å²) < 4.78 is 0. The zero-order valence-corrected chi connectivity index (χ0v) is 8.10. The van der Waals surface area contributed by atoms with Crippen molar-refractivity contribution in [1.29, 1.82) is 0 Å². The second-order valence-electron chi connectivity index (χ2n) is 2.56. The van der Waals surface area contributed by atoms with E-state index in [1.807, 2.05) is 17.3 Å². The molecule has 1 aliphatic heterocycles. The summed E-state index contributed by atoms with van der Waals surface area (Å²) in [6, 6.07) is 0. The number of aliphatic carboxylic acids is 1. The molecule has 1 rings (SSSR count). The molecule has 0 aliphatic carbocycles. The molecule has 1 N–H and O–H groups in total. The first kappa shape index (κ1) is 11.6. The van der Waals surface area contributed by atoms with Gasteiger partial charge in [0.2, 0.25) is 0 Å². The maximum absolute atomic E-state index is 9.00. The Morgan fingerprint density at radius 3 is 2.46 bits per heavy atom. The quantitative estimate of drug-likeness (QED) is 0.702. The van der Waals surface area contributed by atoms with Crippen LogP contribution < -0.4 is 0 Å². The van der Waals surface area contributed by atoms with Crippen molar-refractivity contribution in [2.45, 2.75) is 13.8 Å². The lowest BCUT2D eigenvalue weighted by atomic mass is 10.6. The molecule has 0 spiro atoms. The van der Waals surface area contributed by atoms with Gasteiger partial charge in [0, 0.05) is 25.9 Å². The molecular weight excluding hydrogens is 168 g/mol. The fourth-order valence-corrected chi connectivity index (χ4v) is 0.808. The van der Waals surface area contributed by atoms with Crippen LogP contribution >= 0.6 is 0 Å². The lowest BCUT2D eigenvalue weighted by Crippen LogP contribution is -2.20. The van der Waals surface area contributed by atoms with Gasteiger partial charge in [-0.25, -0.2) is 0 Å². The van der Waals surface area contributed by atoms with E-state index in [2.05, 4.69) is 24.6 Å². The van der Waals surface area contributed by atoms with Gasteiger partial charge in [-0.2, -0.15) is 0 Å². The van der Waals surface area contributed by atoms with Gasteiger partial charge in [0.15, 0.2) is 0 Å². The zero-order valence-electron chi connectivity index (χ0n) is 8.10. The van der Waals surface area contributed by atoms with Gasteiger partial charge in [0.1, 0.15) is 0 Å². The third-order valence-corrected chi connectivity index (χ3v) is 1.45. The standard InChI is InChI=1S/C7H12N2.C2H4O2/c1-3-8-5-6-9(4-2)7-8;1-2(3)4/h3,5-6H,1,4,7H2,2H3;1H3,(H,3,4). The largest absolute Gasteiger partial charge is 0.481 e. The number of carbonyl (C=O) groups is 1. The van der Waals surface area contributed by atoms with E-state index < -0.39 is 5.97 Å². The van der Waals surface area contributed by atoms with Gasteiger partial charge in [-0.05, 0) is 13.1 Å². The van der Waals surface area contributed by atoms with Crippen LogP contribution in [0.25, 0.3) is 0 Å². The van der Waals surface area contributed by atoms with Gasteiger partial charge in [-0.1, -0.05) is 6.58 Å². The minimum atomic E-state index is -0.833.